The lowest BCUT2D eigenvalue weighted by Gasteiger charge is -2.62. The third kappa shape index (κ3) is 6.19. The summed E-state index contributed by atoms with van der Waals surface area (Å²) in [6, 6.07) is 5.28. The minimum absolute atomic E-state index is 0.0229. The standard InChI is InChI=1S/C38H48N4O10/c1-37-10-9-30(52-35-33(48)32(47)31(46)28(18-43)51-35)38(2,19-44)29(37)16-26-24(17-42-12-11-39-36(42)40-26)25(37)8-6-21-14-23(50-34(21)49)13-20-5-7-22(41(3)4)15-27(20)45/h5-8,11-15,24-25,28-33,35,43-48H,9-10,16-19H2,1-4H3/b8-6+,23-13+/t24?,25?,28?,29?,30-,31?,32?,33?,35?,37-,38+/m1/s1. The van der Waals surface area contributed by atoms with Crippen LogP contribution in [0.25, 0.3) is 6.08 Å². The summed E-state index contributed by atoms with van der Waals surface area (Å²) in [7, 11) is 3.76. The van der Waals surface area contributed by atoms with Gasteiger partial charge in [0.1, 0.15) is 35.9 Å². The van der Waals surface area contributed by atoms with Crippen LogP contribution >= 0.6 is 0 Å². The number of aliphatic hydroxyl groups excluding tert-OH is 5. The second kappa shape index (κ2) is 13.8. The Morgan fingerprint density at radius 1 is 1.13 bits per heavy atom. The average Bonchev–Trinajstić information content (AvgIpc) is 3.73. The van der Waals surface area contributed by atoms with E-state index >= 15 is 0 Å². The normalized spacial score (nSPS) is 38.0. The van der Waals surface area contributed by atoms with Crippen LogP contribution in [0.4, 0.5) is 11.6 Å². The molecule has 3 fully saturated rings. The second-order valence-electron chi connectivity index (χ2n) is 15.4. The Hall–Kier alpha value is -3.89. The van der Waals surface area contributed by atoms with E-state index < -0.39 is 60.2 Å². The van der Waals surface area contributed by atoms with Crippen LogP contribution in [0.2, 0.25) is 0 Å². The molecule has 280 valence electrons. The Morgan fingerprint density at radius 3 is 2.63 bits per heavy atom. The van der Waals surface area contributed by atoms with E-state index in [9.17, 15) is 35.4 Å². The van der Waals surface area contributed by atoms with Crippen LogP contribution in [0.1, 0.15) is 38.7 Å². The Bertz CT molecular complexity index is 1820. The van der Waals surface area contributed by atoms with Gasteiger partial charge in [-0.25, -0.2) is 14.8 Å². The Morgan fingerprint density at radius 2 is 1.92 bits per heavy atom. The van der Waals surface area contributed by atoms with Crippen molar-refractivity contribution in [3.05, 3.63) is 65.7 Å². The zero-order chi connectivity index (χ0) is 37.1. The number of aromatic hydroxyl groups is 1. The highest BCUT2D eigenvalue weighted by Gasteiger charge is 2.61. The number of phenolic OH excluding ortho intramolecular Hbond substituents is 1. The minimum atomic E-state index is -1.59. The Kier molecular flexibility index (Phi) is 9.70. The lowest BCUT2D eigenvalue weighted by atomic mass is 9.45. The molecule has 0 amide bonds. The van der Waals surface area contributed by atoms with Gasteiger partial charge < -0.3 is 54.3 Å². The van der Waals surface area contributed by atoms with E-state index in [1.165, 1.54) is 0 Å². The number of aliphatic hydroxyl groups is 5. The molecule has 14 heteroatoms. The lowest BCUT2D eigenvalue weighted by molar-refractivity contribution is -0.329. The number of hydrogen-bond acceptors (Lipinski definition) is 13. The fourth-order valence-electron chi connectivity index (χ4n) is 9.08. The molecule has 6 N–H and O–H groups in total. The van der Waals surface area contributed by atoms with E-state index in [0.717, 1.165) is 11.4 Å². The fourth-order valence-corrected chi connectivity index (χ4v) is 9.08. The number of anilines is 1. The van der Waals surface area contributed by atoms with Crippen LogP contribution in [0, 0.1) is 28.6 Å². The van der Waals surface area contributed by atoms with E-state index in [2.05, 4.69) is 18.0 Å². The number of carbonyl (C=O) groups excluding carboxylic acids is 1. The first-order chi connectivity index (χ1) is 24.8. The van der Waals surface area contributed by atoms with Gasteiger partial charge in [0, 0.05) is 67.4 Å². The molecular formula is C38H48N4O10. The molecule has 8 unspecified atom stereocenters. The summed E-state index contributed by atoms with van der Waals surface area (Å²) in [5, 5.41) is 63.0. The van der Waals surface area contributed by atoms with Gasteiger partial charge in [0.05, 0.1) is 24.9 Å². The van der Waals surface area contributed by atoms with E-state index in [1.54, 1.807) is 36.6 Å². The van der Waals surface area contributed by atoms with Crippen LogP contribution in [-0.2, 0) is 25.5 Å². The maximum atomic E-state index is 13.1. The van der Waals surface area contributed by atoms with Gasteiger partial charge in [0.25, 0.3) is 0 Å². The number of imidazole rings is 1. The maximum Gasteiger partial charge on any atom is 0.343 e. The number of esters is 1. The predicted octanol–water partition coefficient (Wildman–Crippen LogP) is 2.06. The molecular weight excluding hydrogens is 672 g/mol. The van der Waals surface area contributed by atoms with Crippen LogP contribution < -0.4 is 4.90 Å². The molecule has 1 saturated heterocycles. The maximum absolute atomic E-state index is 13.1. The zero-order valence-electron chi connectivity index (χ0n) is 29.7. The monoisotopic (exact) mass is 720 g/mol. The van der Waals surface area contributed by atoms with Crippen LogP contribution in [0.5, 0.6) is 5.75 Å². The molecule has 7 rings (SSSR count). The van der Waals surface area contributed by atoms with Gasteiger partial charge in [-0.1, -0.05) is 26.0 Å². The van der Waals surface area contributed by atoms with Crippen LogP contribution in [0.15, 0.2) is 65.1 Å². The quantitative estimate of drug-likeness (QED) is 0.172. The number of nitrogens with zero attached hydrogens (tertiary/aromatic N) is 4. The van der Waals surface area contributed by atoms with Crippen molar-refractivity contribution in [2.45, 2.75) is 76.5 Å². The summed E-state index contributed by atoms with van der Waals surface area (Å²) >= 11 is 0. The number of cyclic esters (lactones) is 1. The van der Waals surface area contributed by atoms with Crippen LogP contribution in [0.3, 0.4) is 0 Å². The van der Waals surface area contributed by atoms with Crippen molar-refractivity contribution in [3.8, 4) is 5.75 Å². The van der Waals surface area contributed by atoms with E-state index in [1.807, 2.05) is 42.7 Å². The number of aromatic nitrogens is 2. The molecule has 4 heterocycles. The molecule has 2 aromatic rings. The summed E-state index contributed by atoms with van der Waals surface area (Å²) in [5.74, 6) is 0.131. The SMILES string of the molecule is CN(C)c1ccc(/C=C2C=C(/C=C/C3C4Cn5ccnc5N=C4CC4[C@]3(C)CC[C@@H](OC3OC(CO)C(O)C(O)C3O)[C@@]4(C)CO)C(=O)O\2)c(O)c1. The van der Waals surface area contributed by atoms with Gasteiger partial charge in [0.2, 0.25) is 5.95 Å². The van der Waals surface area contributed by atoms with Crippen molar-refractivity contribution < 1.29 is 49.6 Å². The average molecular weight is 721 g/mol. The zero-order valence-corrected chi connectivity index (χ0v) is 29.7. The number of ether oxygens (including phenoxy) is 3. The summed E-state index contributed by atoms with van der Waals surface area (Å²) in [5.41, 5.74) is 1.37. The molecule has 5 aliphatic rings. The topological polar surface area (TPSA) is 200 Å². The molecule has 14 nitrogen and oxygen atoms in total. The number of hydrogen-bond donors (Lipinski definition) is 6. The molecule has 0 radical (unpaired) electrons. The lowest BCUT2D eigenvalue weighted by Crippen LogP contribution is -2.64. The molecule has 2 saturated carbocycles. The summed E-state index contributed by atoms with van der Waals surface area (Å²) in [6.07, 6.45) is 4.71. The highest BCUT2D eigenvalue weighted by atomic mass is 16.7. The fraction of sp³-hybridized carbons (Fsp3) is 0.553. The van der Waals surface area contributed by atoms with Gasteiger partial charge in [-0.15, -0.1) is 0 Å². The third-order valence-corrected chi connectivity index (χ3v) is 12.2. The molecule has 11 atom stereocenters. The largest absolute Gasteiger partial charge is 0.507 e. The molecule has 0 bridgehead atoms. The predicted molar refractivity (Wildman–Crippen MR) is 189 cm³/mol. The van der Waals surface area contributed by atoms with Crippen molar-refractivity contribution >= 4 is 29.4 Å². The van der Waals surface area contributed by atoms with E-state index in [4.69, 9.17) is 19.2 Å². The van der Waals surface area contributed by atoms with Gasteiger partial charge in [-0.2, -0.15) is 0 Å². The highest BCUT2D eigenvalue weighted by Crippen LogP contribution is 2.62. The van der Waals surface area contributed by atoms with Crippen molar-refractivity contribution in [2.24, 2.45) is 33.6 Å². The molecule has 0 spiro atoms. The Labute approximate surface area is 302 Å². The highest BCUT2D eigenvalue weighted by molar-refractivity contribution is 5.97. The van der Waals surface area contributed by atoms with Gasteiger partial charge in [-0.05, 0) is 60.8 Å². The summed E-state index contributed by atoms with van der Waals surface area (Å²) in [6.45, 7) is 3.96. The number of aliphatic imine (C=N–C) groups is 1. The van der Waals surface area contributed by atoms with Crippen molar-refractivity contribution in [3.63, 3.8) is 0 Å². The number of rotatable bonds is 8. The molecule has 1 aromatic carbocycles. The summed E-state index contributed by atoms with van der Waals surface area (Å²) < 4.78 is 19.7. The molecule has 3 aliphatic heterocycles. The first-order valence-electron chi connectivity index (χ1n) is 17.8. The first-order valence-corrected chi connectivity index (χ1v) is 17.8. The number of benzene rings is 1. The van der Waals surface area contributed by atoms with Crippen LogP contribution in [-0.4, -0.2) is 116 Å². The van der Waals surface area contributed by atoms with E-state index in [0.29, 0.717) is 48.7 Å². The Balaban J connectivity index is 1.20. The minimum Gasteiger partial charge on any atom is -0.507 e. The number of phenols is 1. The first kappa shape index (κ1) is 36.5. The number of allylic oxidation sites excluding steroid dienone is 2. The van der Waals surface area contributed by atoms with E-state index in [-0.39, 0.29) is 30.1 Å². The third-order valence-electron chi connectivity index (χ3n) is 12.2. The molecule has 2 aliphatic carbocycles. The van der Waals surface area contributed by atoms with Crippen molar-refractivity contribution in [2.75, 3.05) is 32.2 Å². The molecule has 52 heavy (non-hydrogen) atoms. The van der Waals surface area contributed by atoms with Crippen molar-refractivity contribution in [1.82, 2.24) is 9.55 Å². The number of carbonyl (C=O) groups is 1. The molecule has 1 aromatic heterocycles. The number of fused-ring (bicyclic) bond motifs is 3. The second-order valence-corrected chi connectivity index (χ2v) is 15.4. The van der Waals surface area contributed by atoms with Gasteiger partial charge >= 0.3 is 5.97 Å². The smallest absolute Gasteiger partial charge is 0.343 e. The van der Waals surface area contributed by atoms with Gasteiger partial charge in [0.15, 0.2) is 6.29 Å². The van der Waals surface area contributed by atoms with Crippen molar-refractivity contribution in [1.29, 1.82) is 0 Å². The summed E-state index contributed by atoms with van der Waals surface area (Å²) in [4.78, 5) is 24.4. The van der Waals surface area contributed by atoms with Gasteiger partial charge in [-0.3, -0.25) is 0 Å².